The summed E-state index contributed by atoms with van der Waals surface area (Å²) in [5.41, 5.74) is 0. The van der Waals surface area contributed by atoms with Crippen LogP contribution in [-0.2, 0) is 4.79 Å². The Kier molecular flexibility index (Phi) is 1.63. The van der Waals surface area contributed by atoms with Crippen LogP contribution in [0.25, 0.3) is 0 Å². The van der Waals surface area contributed by atoms with Crippen molar-refractivity contribution in [2.45, 2.75) is 25.3 Å². The van der Waals surface area contributed by atoms with Crippen molar-refractivity contribution in [2.75, 3.05) is 0 Å². The highest BCUT2D eigenvalue weighted by Gasteiger charge is 2.31. The lowest BCUT2D eigenvalue weighted by atomic mass is 9.73. The summed E-state index contributed by atoms with van der Waals surface area (Å²) in [6.45, 7) is 0. The summed E-state index contributed by atoms with van der Waals surface area (Å²) in [5, 5.41) is 0. The molecule has 1 fully saturated rings. The van der Waals surface area contributed by atoms with E-state index in [1.165, 1.54) is 12.8 Å². The Balaban J connectivity index is 2.17. The van der Waals surface area contributed by atoms with Gasteiger partial charge in [-0.3, -0.25) is 0 Å². The van der Waals surface area contributed by atoms with Gasteiger partial charge in [-0.05, 0) is 25.2 Å². The third-order valence-electron chi connectivity index (χ3n) is 2.76. The predicted molar refractivity (Wildman–Crippen MR) is 41.9 cm³/mol. The molecule has 0 radical (unpaired) electrons. The number of hydrogen-bond acceptors (Lipinski definition) is 2. The van der Waals surface area contributed by atoms with E-state index in [4.69, 9.17) is 0 Å². The van der Waals surface area contributed by atoms with Crippen molar-refractivity contribution in [3.05, 3.63) is 12.2 Å². The molecule has 0 spiro atoms. The molecule has 11 heavy (non-hydrogen) atoms. The molecule has 0 aromatic rings. The van der Waals surface area contributed by atoms with Gasteiger partial charge in [-0.15, -0.1) is 0 Å². The number of isocyanates is 1. The highest BCUT2D eigenvalue weighted by molar-refractivity contribution is 5.34. The van der Waals surface area contributed by atoms with Gasteiger partial charge in [0.25, 0.3) is 0 Å². The summed E-state index contributed by atoms with van der Waals surface area (Å²) < 4.78 is 0. The lowest BCUT2D eigenvalue weighted by molar-refractivity contribution is 0.286. The molecule has 0 N–H and O–H groups in total. The monoisotopic (exact) mass is 149 g/mol. The Labute approximate surface area is 66.0 Å². The minimum absolute atomic E-state index is 0.247. The first-order valence-electron chi connectivity index (χ1n) is 4.15. The van der Waals surface area contributed by atoms with Crippen LogP contribution in [0.5, 0.6) is 0 Å². The van der Waals surface area contributed by atoms with Crippen molar-refractivity contribution in [1.29, 1.82) is 0 Å². The van der Waals surface area contributed by atoms with Gasteiger partial charge in [-0.2, -0.15) is 0 Å². The van der Waals surface area contributed by atoms with Gasteiger partial charge in [-0.25, -0.2) is 9.79 Å². The second kappa shape index (κ2) is 2.63. The fraction of sp³-hybridized carbons (Fsp3) is 0.667. The Morgan fingerprint density at radius 3 is 2.73 bits per heavy atom. The normalized spacial score (nSPS) is 40.2. The second-order valence-electron chi connectivity index (χ2n) is 3.41. The van der Waals surface area contributed by atoms with Gasteiger partial charge >= 0.3 is 0 Å². The third kappa shape index (κ3) is 1.14. The fourth-order valence-electron chi connectivity index (χ4n) is 2.12. The number of hydrogen-bond donors (Lipinski definition) is 0. The third-order valence-corrected chi connectivity index (χ3v) is 2.76. The van der Waals surface area contributed by atoms with E-state index in [9.17, 15) is 4.79 Å². The summed E-state index contributed by atoms with van der Waals surface area (Å²) in [7, 11) is 0. The molecule has 0 heterocycles. The SMILES string of the molecule is O=C=NC1CC2C=CC1CC2. The van der Waals surface area contributed by atoms with Crippen LogP contribution in [0.15, 0.2) is 17.1 Å². The maximum Gasteiger partial charge on any atom is 0.235 e. The van der Waals surface area contributed by atoms with E-state index in [0.29, 0.717) is 11.8 Å². The molecular weight excluding hydrogens is 138 g/mol. The maximum atomic E-state index is 10.0. The molecule has 2 nitrogen and oxygen atoms in total. The molecule has 58 valence electrons. The fourth-order valence-corrected chi connectivity index (χ4v) is 2.12. The zero-order valence-electron chi connectivity index (χ0n) is 6.36. The van der Waals surface area contributed by atoms with Crippen molar-refractivity contribution < 1.29 is 4.79 Å². The molecule has 2 bridgehead atoms. The van der Waals surface area contributed by atoms with E-state index in [-0.39, 0.29) is 6.04 Å². The van der Waals surface area contributed by atoms with Gasteiger partial charge in [0.15, 0.2) is 0 Å². The van der Waals surface area contributed by atoms with E-state index >= 15 is 0 Å². The van der Waals surface area contributed by atoms with E-state index in [0.717, 1.165) is 6.42 Å². The summed E-state index contributed by atoms with van der Waals surface area (Å²) in [4.78, 5) is 13.8. The number of rotatable bonds is 1. The van der Waals surface area contributed by atoms with Crippen LogP contribution in [0.2, 0.25) is 0 Å². The summed E-state index contributed by atoms with van der Waals surface area (Å²) >= 11 is 0. The largest absolute Gasteiger partial charge is 0.235 e. The van der Waals surface area contributed by atoms with Crippen LogP contribution in [-0.4, -0.2) is 12.1 Å². The summed E-state index contributed by atoms with van der Waals surface area (Å²) in [6.07, 6.45) is 9.70. The topological polar surface area (TPSA) is 29.4 Å². The van der Waals surface area contributed by atoms with Gasteiger partial charge < -0.3 is 0 Å². The molecule has 3 atom stereocenters. The van der Waals surface area contributed by atoms with E-state index in [1.54, 1.807) is 6.08 Å². The molecule has 3 rings (SSSR count). The average molecular weight is 149 g/mol. The molecule has 0 aliphatic heterocycles. The number of aliphatic imine (C=N–C) groups is 1. The Bertz CT molecular complexity index is 228. The standard InChI is InChI=1S/C9H11NO/c11-6-10-9-5-7-1-3-8(9)4-2-7/h1,3,7-9H,2,4-5H2. The number of fused-ring (bicyclic) bond motifs is 2. The van der Waals surface area contributed by atoms with Crippen molar-refractivity contribution in [1.82, 2.24) is 0 Å². The van der Waals surface area contributed by atoms with E-state index in [1.807, 2.05) is 0 Å². The first kappa shape index (κ1) is 6.81. The molecule has 3 unspecified atom stereocenters. The van der Waals surface area contributed by atoms with Crippen LogP contribution >= 0.6 is 0 Å². The number of allylic oxidation sites excluding steroid dienone is 1. The van der Waals surface area contributed by atoms with Gasteiger partial charge in [-0.1, -0.05) is 12.2 Å². The van der Waals surface area contributed by atoms with Crippen LogP contribution < -0.4 is 0 Å². The predicted octanol–water partition coefficient (Wildman–Crippen LogP) is 1.68. The van der Waals surface area contributed by atoms with Crippen LogP contribution in [0.1, 0.15) is 19.3 Å². The van der Waals surface area contributed by atoms with Crippen molar-refractivity contribution in [3.8, 4) is 0 Å². The molecule has 0 aromatic carbocycles. The highest BCUT2D eigenvalue weighted by Crippen LogP contribution is 2.37. The van der Waals surface area contributed by atoms with Gasteiger partial charge in [0.05, 0.1) is 6.04 Å². The average Bonchev–Trinajstić information content (AvgIpc) is 2.07. The zero-order chi connectivity index (χ0) is 7.68. The smallest absolute Gasteiger partial charge is 0.211 e. The minimum Gasteiger partial charge on any atom is -0.211 e. The second-order valence-corrected chi connectivity index (χ2v) is 3.41. The highest BCUT2D eigenvalue weighted by atomic mass is 16.1. The van der Waals surface area contributed by atoms with Crippen LogP contribution in [0.3, 0.4) is 0 Å². The first-order chi connectivity index (χ1) is 5.40. The minimum atomic E-state index is 0.247. The Hall–Kier alpha value is -0.880. The van der Waals surface area contributed by atoms with E-state index < -0.39 is 0 Å². The van der Waals surface area contributed by atoms with Crippen molar-refractivity contribution in [2.24, 2.45) is 16.8 Å². The molecule has 0 aromatic heterocycles. The van der Waals surface area contributed by atoms with Crippen molar-refractivity contribution in [3.63, 3.8) is 0 Å². The zero-order valence-corrected chi connectivity index (χ0v) is 6.36. The van der Waals surface area contributed by atoms with Gasteiger partial charge in [0.1, 0.15) is 0 Å². The molecule has 3 aliphatic carbocycles. The summed E-state index contributed by atoms with van der Waals surface area (Å²) in [6, 6.07) is 0.247. The molecular formula is C9H11NO. The quantitative estimate of drug-likeness (QED) is 0.317. The van der Waals surface area contributed by atoms with Gasteiger partial charge in [0.2, 0.25) is 6.08 Å². The lowest BCUT2D eigenvalue weighted by Gasteiger charge is -2.34. The molecule has 1 saturated carbocycles. The molecule has 0 amide bonds. The van der Waals surface area contributed by atoms with Crippen LogP contribution in [0.4, 0.5) is 0 Å². The maximum absolute atomic E-state index is 10.0. The Morgan fingerprint density at radius 2 is 2.27 bits per heavy atom. The van der Waals surface area contributed by atoms with Gasteiger partial charge in [0, 0.05) is 5.92 Å². The summed E-state index contributed by atoms with van der Waals surface area (Å²) in [5.74, 6) is 1.21. The number of carbonyl (C=O) groups excluding carboxylic acids is 1. The van der Waals surface area contributed by atoms with Crippen LogP contribution in [0, 0.1) is 11.8 Å². The van der Waals surface area contributed by atoms with Crippen molar-refractivity contribution >= 4 is 6.08 Å². The van der Waals surface area contributed by atoms with E-state index in [2.05, 4.69) is 17.1 Å². The lowest BCUT2D eigenvalue weighted by Crippen LogP contribution is -2.29. The molecule has 2 heteroatoms. The first-order valence-corrected chi connectivity index (χ1v) is 4.15. The Morgan fingerprint density at radius 1 is 1.36 bits per heavy atom. The number of nitrogens with zero attached hydrogens (tertiary/aromatic N) is 1. The molecule has 3 aliphatic rings. The molecule has 0 saturated heterocycles.